The summed E-state index contributed by atoms with van der Waals surface area (Å²) < 4.78 is 7.97. The molecule has 1 aromatic heterocycles. The molecule has 0 saturated carbocycles. The van der Waals surface area contributed by atoms with Crippen molar-refractivity contribution in [3.05, 3.63) is 41.2 Å². The molecule has 0 bridgehead atoms. The molecule has 0 aliphatic carbocycles. The van der Waals surface area contributed by atoms with Crippen LogP contribution < -0.4 is 16.0 Å². The standard InChI is InChI=1S/C23H33N5O4S/c1-14(2)12-18(20(29)26-31)28-11-10-23(24,21(28)30)16-6-8-17(9-7-16)32-13-19-15(3)25-22(33-5)27(19)4/h6-9,14,18,31H,10-13,24H2,1-5H3,(H,26,29). The fourth-order valence-electron chi connectivity index (χ4n) is 4.25. The van der Waals surface area contributed by atoms with E-state index in [-0.39, 0.29) is 11.8 Å². The van der Waals surface area contributed by atoms with Crippen LogP contribution in [0.1, 0.15) is 43.6 Å². The number of likely N-dealkylation sites (tertiary alicyclic amines) is 1. The van der Waals surface area contributed by atoms with E-state index in [1.165, 1.54) is 4.90 Å². The first-order valence-corrected chi connectivity index (χ1v) is 12.2. The molecule has 2 unspecified atom stereocenters. The van der Waals surface area contributed by atoms with Crippen LogP contribution in [-0.4, -0.2) is 50.3 Å². The van der Waals surface area contributed by atoms with E-state index in [9.17, 15) is 9.59 Å². The van der Waals surface area contributed by atoms with Crippen molar-refractivity contribution in [3.8, 4) is 5.75 Å². The van der Waals surface area contributed by atoms with Crippen LogP contribution in [0.5, 0.6) is 5.75 Å². The van der Waals surface area contributed by atoms with Crippen molar-refractivity contribution in [3.63, 3.8) is 0 Å². The van der Waals surface area contributed by atoms with E-state index in [2.05, 4.69) is 4.98 Å². The van der Waals surface area contributed by atoms with Crippen molar-refractivity contribution in [2.24, 2.45) is 18.7 Å². The number of hydrogen-bond acceptors (Lipinski definition) is 7. The Labute approximate surface area is 198 Å². The summed E-state index contributed by atoms with van der Waals surface area (Å²) in [4.78, 5) is 31.5. The molecule has 1 saturated heterocycles. The van der Waals surface area contributed by atoms with Gasteiger partial charge >= 0.3 is 0 Å². The van der Waals surface area contributed by atoms with Gasteiger partial charge in [0.05, 0.1) is 11.4 Å². The molecule has 1 aliphatic heterocycles. The topological polar surface area (TPSA) is 123 Å². The van der Waals surface area contributed by atoms with Gasteiger partial charge in [-0.3, -0.25) is 14.8 Å². The lowest BCUT2D eigenvalue weighted by molar-refractivity contribution is -0.144. The minimum Gasteiger partial charge on any atom is -0.487 e. The number of carbonyl (C=O) groups excluding carboxylic acids is 2. The summed E-state index contributed by atoms with van der Waals surface area (Å²) in [5.41, 5.74) is 9.61. The quantitative estimate of drug-likeness (QED) is 0.289. The number of carbonyl (C=O) groups is 2. The first kappa shape index (κ1) is 25.1. The van der Waals surface area contributed by atoms with Gasteiger partial charge < -0.3 is 19.9 Å². The van der Waals surface area contributed by atoms with Crippen LogP contribution in [0.3, 0.4) is 0 Å². The molecular formula is C23H33N5O4S. The molecule has 2 heterocycles. The van der Waals surface area contributed by atoms with E-state index < -0.39 is 17.5 Å². The fraction of sp³-hybridized carbons (Fsp3) is 0.522. The third-order valence-corrected chi connectivity index (χ3v) is 6.90. The monoisotopic (exact) mass is 475 g/mol. The highest BCUT2D eigenvalue weighted by atomic mass is 32.2. The summed E-state index contributed by atoms with van der Waals surface area (Å²) in [5.74, 6) is -0.0895. The zero-order chi connectivity index (χ0) is 24.3. The maximum Gasteiger partial charge on any atom is 0.266 e. The Morgan fingerprint density at radius 1 is 1.36 bits per heavy atom. The van der Waals surface area contributed by atoms with Crippen LogP contribution in [0.4, 0.5) is 0 Å². The number of ether oxygens (including phenoxy) is 1. The molecule has 180 valence electrons. The van der Waals surface area contributed by atoms with E-state index in [1.807, 2.05) is 38.6 Å². The average molecular weight is 476 g/mol. The van der Waals surface area contributed by atoms with Gasteiger partial charge in [0, 0.05) is 13.6 Å². The maximum absolute atomic E-state index is 13.3. The van der Waals surface area contributed by atoms with Crippen molar-refractivity contribution in [1.82, 2.24) is 19.9 Å². The normalized spacial score (nSPS) is 19.3. The van der Waals surface area contributed by atoms with Gasteiger partial charge in [0.2, 0.25) is 5.91 Å². The lowest BCUT2D eigenvalue weighted by Gasteiger charge is -2.30. The van der Waals surface area contributed by atoms with Crippen molar-refractivity contribution < 1.29 is 19.5 Å². The number of nitrogens with zero attached hydrogens (tertiary/aromatic N) is 3. The second-order valence-electron chi connectivity index (χ2n) is 8.84. The second kappa shape index (κ2) is 10.1. The number of benzene rings is 1. The van der Waals surface area contributed by atoms with Gasteiger partial charge in [0.1, 0.15) is 23.9 Å². The van der Waals surface area contributed by atoms with E-state index in [4.69, 9.17) is 15.7 Å². The van der Waals surface area contributed by atoms with Gasteiger partial charge in [-0.05, 0) is 49.6 Å². The molecule has 2 aromatic rings. The van der Waals surface area contributed by atoms with Crippen LogP contribution in [0.15, 0.2) is 29.4 Å². The van der Waals surface area contributed by atoms with Gasteiger partial charge in [-0.1, -0.05) is 37.7 Å². The molecule has 1 aromatic carbocycles. The molecule has 1 fully saturated rings. The Balaban J connectivity index is 1.73. The SMILES string of the molecule is CSc1nc(C)c(COc2ccc(C3(N)CCN(C(CC(C)C)C(=O)NO)C3=O)cc2)n1C. The molecular weight excluding hydrogens is 442 g/mol. The third-order valence-electron chi connectivity index (χ3n) is 6.17. The van der Waals surface area contributed by atoms with Crippen molar-refractivity contribution in [2.75, 3.05) is 12.8 Å². The molecule has 3 rings (SSSR count). The van der Waals surface area contributed by atoms with Crippen LogP contribution >= 0.6 is 11.8 Å². The molecule has 10 heteroatoms. The number of hydrogen-bond donors (Lipinski definition) is 3. The first-order valence-electron chi connectivity index (χ1n) is 11.0. The molecule has 0 spiro atoms. The molecule has 1 aliphatic rings. The smallest absolute Gasteiger partial charge is 0.266 e. The lowest BCUT2D eigenvalue weighted by atomic mass is 9.89. The minimum absolute atomic E-state index is 0.166. The summed E-state index contributed by atoms with van der Waals surface area (Å²) in [6.07, 6.45) is 2.80. The van der Waals surface area contributed by atoms with Crippen LogP contribution in [-0.2, 0) is 28.8 Å². The molecule has 0 radical (unpaired) electrons. The number of nitrogens with one attached hydrogen (secondary N) is 1. The fourth-order valence-corrected chi connectivity index (χ4v) is 4.86. The third kappa shape index (κ3) is 5.02. The highest BCUT2D eigenvalue weighted by Crippen LogP contribution is 2.34. The number of rotatable bonds is 9. The summed E-state index contributed by atoms with van der Waals surface area (Å²) in [6, 6.07) is 6.43. The highest BCUT2D eigenvalue weighted by Gasteiger charge is 2.48. The van der Waals surface area contributed by atoms with Gasteiger partial charge in [-0.15, -0.1) is 0 Å². The average Bonchev–Trinajstić information content (AvgIpc) is 3.25. The Morgan fingerprint density at radius 2 is 2.03 bits per heavy atom. The summed E-state index contributed by atoms with van der Waals surface area (Å²) >= 11 is 1.58. The van der Waals surface area contributed by atoms with Crippen LogP contribution in [0.2, 0.25) is 0 Å². The summed E-state index contributed by atoms with van der Waals surface area (Å²) in [5, 5.41) is 10.1. The van der Waals surface area contributed by atoms with Crippen molar-refractivity contribution >= 4 is 23.6 Å². The van der Waals surface area contributed by atoms with Crippen LogP contribution in [0, 0.1) is 12.8 Å². The second-order valence-corrected chi connectivity index (χ2v) is 9.62. The largest absolute Gasteiger partial charge is 0.487 e. The van der Waals surface area contributed by atoms with Gasteiger partial charge in [0.25, 0.3) is 5.91 Å². The minimum atomic E-state index is -1.23. The van der Waals surface area contributed by atoms with E-state index in [1.54, 1.807) is 41.5 Å². The Morgan fingerprint density at radius 3 is 2.58 bits per heavy atom. The molecule has 9 nitrogen and oxygen atoms in total. The highest BCUT2D eigenvalue weighted by molar-refractivity contribution is 7.98. The van der Waals surface area contributed by atoms with Crippen LogP contribution in [0.25, 0.3) is 0 Å². The zero-order valence-corrected chi connectivity index (χ0v) is 20.6. The molecule has 2 amide bonds. The summed E-state index contributed by atoms with van der Waals surface area (Å²) in [6.45, 7) is 6.60. The number of amides is 2. The van der Waals surface area contributed by atoms with E-state index in [0.717, 1.165) is 16.5 Å². The molecule has 33 heavy (non-hydrogen) atoms. The molecule has 4 N–H and O–H groups in total. The van der Waals surface area contributed by atoms with Crippen molar-refractivity contribution in [1.29, 1.82) is 0 Å². The van der Waals surface area contributed by atoms with Gasteiger partial charge in [-0.2, -0.15) is 0 Å². The Hall–Kier alpha value is -2.56. The van der Waals surface area contributed by atoms with Gasteiger partial charge in [0.15, 0.2) is 5.16 Å². The number of hydroxylamine groups is 1. The number of thioether (sulfide) groups is 1. The Kier molecular flexibility index (Phi) is 7.71. The van der Waals surface area contributed by atoms with Gasteiger partial charge in [-0.25, -0.2) is 10.5 Å². The number of nitrogens with two attached hydrogens (primary N) is 1. The number of aryl methyl sites for hydroxylation is 1. The molecule has 2 atom stereocenters. The predicted molar refractivity (Wildman–Crippen MR) is 126 cm³/mol. The predicted octanol–water partition coefficient (Wildman–Crippen LogP) is 2.34. The Bertz CT molecular complexity index is 1010. The zero-order valence-electron chi connectivity index (χ0n) is 19.8. The lowest BCUT2D eigenvalue weighted by Crippen LogP contribution is -2.52. The number of imidazole rings is 1. The first-order chi connectivity index (χ1) is 15.6. The van der Waals surface area contributed by atoms with E-state index >= 15 is 0 Å². The van der Waals surface area contributed by atoms with E-state index in [0.29, 0.717) is 37.3 Å². The maximum atomic E-state index is 13.3. The summed E-state index contributed by atoms with van der Waals surface area (Å²) in [7, 11) is 1.97. The number of aromatic nitrogens is 2. The van der Waals surface area contributed by atoms with Crippen molar-refractivity contribution in [2.45, 2.75) is 57.0 Å².